The van der Waals surface area contributed by atoms with Crippen LogP contribution in [0.2, 0.25) is 0 Å². The van der Waals surface area contributed by atoms with Crippen molar-refractivity contribution in [3.05, 3.63) is 81.6 Å². The highest BCUT2D eigenvalue weighted by Crippen LogP contribution is 2.32. The summed E-state index contributed by atoms with van der Waals surface area (Å²) in [7, 11) is 0. The van der Waals surface area contributed by atoms with Gasteiger partial charge in [0.15, 0.2) is 5.76 Å². The zero-order valence-corrected chi connectivity index (χ0v) is 14.4. The van der Waals surface area contributed by atoms with E-state index in [4.69, 9.17) is 4.42 Å². The number of alkyl halides is 3. The van der Waals surface area contributed by atoms with Crippen molar-refractivity contribution in [2.75, 3.05) is 5.32 Å². The zero-order valence-electron chi connectivity index (χ0n) is 14.4. The van der Waals surface area contributed by atoms with Gasteiger partial charge in [0, 0.05) is 23.4 Å². The third-order valence-corrected chi connectivity index (χ3v) is 3.97. The quantitative estimate of drug-likeness (QED) is 0.475. The first kappa shape index (κ1) is 19.2. The van der Waals surface area contributed by atoms with Gasteiger partial charge >= 0.3 is 6.18 Å². The molecule has 0 saturated heterocycles. The van der Waals surface area contributed by atoms with Crippen LogP contribution in [0.15, 0.2) is 59.0 Å². The number of furan rings is 1. The number of rotatable bonds is 4. The Hall–Kier alpha value is -3.62. The molecule has 9 heteroatoms. The van der Waals surface area contributed by atoms with Crippen molar-refractivity contribution in [1.82, 2.24) is 0 Å². The van der Waals surface area contributed by atoms with Gasteiger partial charge in [0.1, 0.15) is 5.76 Å². The molecule has 2 aromatic carbocycles. The van der Waals surface area contributed by atoms with Crippen molar-refractivity contribution in [2.45, 2.75) is 13.1 Å². The number of hydrogen-bond acceptors (Lipinski definition) is 4. The van der Waals surface area contributed by atoms with Crippen LogP contribution in [0.1, 0.15) is 21.7 Å². The molecule has 0 radical (unpaired) electrons. The van der Waals surface area contributed by atoms with Crippen LogP contribution in [0.3, 0.4) is 0 Å². The molecule has 0 fully saturated rings. The summed E-state index contributed by atoms with van der Waals surface area (Å²) in [6, 6.07) is 11.3. The van der Waals surface area contributed by atoms with E-state index in [2.05, 4.69) is 5.32 Å². The predicted molar refractivity (Wildman–Crippen MR) is 94.9 cm³/mol. The summed E-state index contributed by atoms with van der Waals surface area (Å²) in [5.41, 5.74) is 0.0782. The number of carbonyl (C=O) groups excluding carboxylic acids is 1. The molecule has 1 aromatic heterocycles. The highest BCUT2D eigenvalue weighted by Gasteiger charge is 2.30. The van der Waals surface area contributed by atoms with Crippen LogP contribution in [0, 0.1) is 17.0 Å². The first-order chi connectivity index (χ1) is 13.1. The molecular weight excluding hydrogens is 377 g/mol. The third-order valence-electron chi connectivity index (χ3n) is 3.97. The summed E-state index contributed by atoms with van der Waals surface area (Å²) in [6.07, 6.45) is -4.49. The molecule has 0 spiro atoms. The molecule has 3 rings (SSSR count). The summed E-state index contributed by atoms with van der Waals surface area (Å²) >= 11 is 0. The molecule has 144 valence electrons. The molecule has 1 heterocycles. The molecule has 0 bridgehead atoms. The second kappa shape index (κ2) is 7.18. The Balaban J connectivity index is 1.81. The van der Waals surface area contributed by atoms with Gasteiger partial charge in [-0.3, -0.25) is 14.9 Å². The van der Waals surface area contributed by atoms with Crippen LogP contribution >= 0.6 is 0 Å². The summed E-state index contributed by atoms with van der Waals surface area (Å²) in [4.78, 5) is 22.6. The first-order valence-electron chi connectivity index (χ1n) is 7.99. The Bertz CT molecular complexity index is 1060. The molecule has 1 N–H and O–H groups in total. The van der Waals surface area contributed by atoms with Gasteiger partial charge in [0.05, 0.1) is 10.5 Å². The van der Waals surface area contributed by atoms with E-state index in [1.165, 1.54) is 42.5 Å². The lowest BCUT2D eigenvalue weighted by molar-refractivity contribution is -0.384. The molecule has 28 heavy (non-hydrogen) atoms. The van der Waals surface area contributed by atoms with Crippen LogP contribution in [0.4, 0.5) is 24.5 Å². The van der Waals surface area contributed by atoms with Crippen molar-refractivity contribution < 1.29 is 27.3 Å². The minimum atomic E-state index is -4.49. The van der Waals surface area contributed by atoms with E-state index in [-0.39, 0.29) is 22.8 Å². The van der Waals surface area contributed by atoms with Crippen molar-refractivity contribution in [3.8, 4) is 11.3 Å². The van der Waals surface area contributed by atoms with Crippen molar-refractivity contribution in [2.24, 2.45) is 0 Å². The van der Waals surface area contributed by atoms with E-state index < -0.39 is 22.6 Å². The maximum Gasteiger partial charge on any atom is 0.416 e. The summed E-state index contributed by atoms with van der Waals surface area (Å²) in [6.45, 7) is 1.60. The van der Waals surface area contributed by atoms with Crippen molar-refractivity contribution in [3.63, 3.8) is 0 Å². The summed E-state index contributed by atoms with van der Waals surface area (Å²) in [5, 5.41) is 13.3. The molecule has 0 aliphatic heterocycles. The second-order valence-electron chi connectivity index (χ2n) is 5.95. The fourth-order valence-electron chi connectivity index (χ4n) is 2.55. The molecule has 0 aliphatic carbocycles. The fraction of sp³-hybridized carbons (Fsp3) is 0.105. The maximum absolute atomic E-state index is 12.8. The molecule has 1 amide bonds. The van der Waals surface area contributed by atoms with Gasteiger partial charge < -0.3 is 9.73 Å². The number of anilines is 1. The van der Waals surface area contributed by atoms with E-state index in [0.717, 1.165) is 12.1 Å². The second-order valence-corrected chi connectivity index (χ2v) is 5.95. The van der Waals surface area contributed by atoms with Gasteiger partial charge in [-0.2, -0.15) is 13.2 Å². The summed E-state index contributed by atoms with van der Waals surface area (Å²) in [5.74, 6) is -0.628. The SMILES string of the molecule is Cc1cc([N+](=O)[O-])ccc1NC(=O)c1ccc(-c2cccc(C(F)(F)F)c2)o1. The Morgan fingerprint density at radius 1 is 1.11 bits per heavy atom. The molecule has 3 aromatic rings. The van der Waals surface area contributed by atoms with E-state index >= 15 is 0 Å². The molecule has 0 saturated carbocycles. The average Bonchev–Trinajstić information content (AvgIpc) is 3.13. The van der Waals surface area contributed by atoms with Gasteiger partial charge in [-0.15, -0.1) is 0 Å². The lowest BCUT2D eigenvalue weighted by atomic mass is 10.1. The Kier molecular flexibility index (Phi) is 4.91. The van der Waals surface area contributed by atoms with E-state index in [0.29, 0.717) is 11.3 Å². The minimum Gasteiger partial charge on any atom is -0.451 e. The Morgan fingerprint density at radius 3 is 2.50 bits per heavy atom. The molecular formula is C19H13F3N2O4. The number of nitrogens with one attached hydrogen (secondary N) is 1. The standard InChI is InChI=1S/C19H13F3N2O4/c1-11-9-14(24(26)27)5-6-15(11)23-18(25)17-8-7-16(28-17)12-3-2-4-13(10-12)19(20,21)22/h2-10H,1H3,(H,23,25). The first-order valence-corrected chi connectivity index (χ1v) is 7.99. The van der Waals surface area contributed by atoms with Gasteiger partial charge in [0.25, 0.3) is 11.6 Å². The molecule has 0 aliphatic rings. The van der Waals surface area contributed by atoms with E-state index in [1.807, 2.05) is 0 Å². The number of amides is 1. The van der Waals surface area contributed by atoms with Crippen LogP contribution in [0.5, 0.6) is 0 Å². The number of nitrogens with zero attached hydrogens (tertiary/aromatic N) is 1. The van der Waals surface area contributed by atoms with Gasteiger partial charge in [-0.1, -0.05) is 12.1 Å². The van der Waals surface area contributed by atoms with Crippen LogP contribution in [-0.4, -0.2) is 10.8 Å². The number of aryl methyl sites for hydroxylation is 1. The van der Waals surface area contributed by atoms with Crippen molar-refractivity contribution >= 4 is 17.3 Å². The molecule has 6 nitrogen and oxygen atoms in total. The predicted octanol–water partition coefficient (Wildman–Crippen LogP) is 5.43. The number of halogens is 3. The van der Waals surface area contributed by atoms with Gasteiger partial charge in [0.2, 0.25) is 0 Å². The monoisotopic (exact) mass is 390 g/mol. The van der Waals surface area contributed by atoms with Crippen LogP contribution in [0.25, 0.3) is 11.3 Å². The van der Waals surface area contributed by atoms with Gasteiger partial charge in [-0.05, 0) is 42.8 Å². The molecule has 0 atom stereocenters. The van der Waals surface area contributed by atoms with E-state index in [9.17, 15) is 28.1 Å². The number of nitro groups is 1. The number of benzene rings is 2. The maximum atomic E-state index is 12.8. The number of non-ortho nitro benzene ring substituents is 1. The summed E-state index contributed by atoms with van der Waals surface area (Å²) < 4.78 is 43.9. The van der Waals surface area contributed by atoms with E-state index in [1.54, 1.807) is 6.92 Å². The number of carbonyl (C=O) groups is 1. The van der Waals surface area contributed by atoms with Crippen molar-refractivity contribution in [1.29, 1.82) is 0 Å². The van der Waals surface area contributed by atoms with Crippen LogP contribution in [-0.2, 0) is 6.18 Å². The molecule has 0 unspecified atom stereocenters. The fourth-order valence-corrected chi connectivity index (χ4v) is 2.55. The number of nitro benzene ring substituents is 1. The lowest BCUT2D eigenvalue weighted by Gasteiger charge is -2.08. The Morgan fingerprint density at radius 2 is 1.86 bits per heavy atom. The number of hydrogen-bond donors (Lipinski definition) is 1. The Labute approximate surface area is 156 Å². The third kappa shape index (κ3) is 4.03. The average molecular weight is 390 g/mol. The minimum absolute atomic E-state index is 0.106. The van der Waals surface area contributed by atoms with Crippen LogP contribution < -0.4 is 5.32 Å². The smallest absolute Gasteiger partial charge is 0.416 e. The topological polar surface area (TPSA) is 85.4 Å². The highest BCUT2D eigenvalue weighted by atomic mass is 19.4. The lowest BCUT2D eigenvalue weighted by Crippen LogP contribution is -2.11. The van der Waals surface area contributed by atoms with Gasteiger partial charge in [-0.25, -0.2) is 0 Å². The normalized spacial score (nSPS) is 11.3. The zero-order chi connectivity index (χ0) is 20.5. The highest BCUT2D eigenvalue weighted by molar-refractivity contribution is 6.03. The largest absolute Gasteiger partial charge is 0.451 e.